The third kappa shape index (κ3) is 2.14. The van der Waals surface area contributed by atoms with Crippen molar-refractivity contribution < 1.29 is 8.78 Å². The van der Waals surface area contributed by atoms with Crippen LogP contribution in [0.1, 0.15) is 37.4 Å². The van der Waals surface area contributed by atoms with Crippen molar-refractivity contribution in [2.75, 3.05) is 5.73 Å². The van der Waals surface area contributed by atoms with Crippen molar-refractivity contribution in [2.24, 2.45) is 0 Å². The number of hydrogen-bond donors (Lipinski definition) is 1. The Balaban J connectivity index is 3.06. The summed E-state index contributed by atoms with van der Waals surface area (Å²) in [7, 11) is 0. The molecule has 13 heavy (non-hydrogen) atoms. The van der Waals surface area contributed by atoms with Crippen molar-refractivity contribution in [3.8, 4) is 0 Å². The number of nitrogens with zero attached hydrogens (tertiary/aromatic N) is 1. The van der Waals surface area contributed by atoms with E-state index < -0.39 is 6.43 Å². The molecular weight excluding hydrogens is 174 g/mol. The highest BCUT2D eigenvalue weighted by atomic mass is 19.3. The lowest BCUT2D eigenvalue weighted by atomic mass is 10.1. The number of anilines is 1. The van der Waals surface area contributed by atoms with Crippen LogP contribution in [-0.2, 0) is 0 Å². The van der Waals surface area contributed by atoms with Crippen LogP contribution < -0.4 is 5.73 Å². The van der Waals surface area contributed by atoms with Crippen LogP contribution in [0.2, 0.25) is 0 Å². The third-order valence-electron chi connectivity index (χ3n) is 1.81. The number of nitrogens with two attached hydrogens (primary N) is 1. The zero-order valence-electron chi connectivity index (χ0n) is 7.59. The maximum Gasteiger partial charge on any atom is 0.267 e. The van der Waals surface area contributed by atoms with E-state index in [1.807, 2.05) is 13.8 Å². The Morgan fingerprint density at radius 2 is 1.92 bits per heavy atom. The minimum absolute atomic E-state index is 0.0683. The summed E-state index contributed by atoms with van der Waals surface area (Å²) in [5, 5.41) is 0. The molecule has 0 amide bonds. The van der Waals surface area contributed by atoms with Gasteiger partial charge in [0.05, 0.1) is 5.56 Å². The van der Waals surface area contributed by atoms with Gasteiger partial charge in [0, 0.05) is 5.69 Å². The molecular formula is C9H12F2N2. The Morgan fingerprint density at radius 3 is 2.31 bits per heavy atom. The SMILES string of the molecule is CC(C)c1ccc(C(F)F)c(N)n1. The van der Waals surface area contributed by atoms with Gasteiger partial charge in [0.25, 0.3) is 6.43 Å². The molecule has 2 nitrogen and oxygen atoms in total. The number of pyridine rings is 1. The molecule has 0 unspecified atom stereocenters. The van der Waals surface area contributed by atoms with Crippen LogP contribution in [0.4, 0.5) is 14.6 Å². The maximum absolute atomic E-state index is 12.2. The Bertz CT molecular complexity index is 298. The molecule has 0 spiro atoms. The van der Waals surface area contributed by atoms with Crippen molar-refractivity contribution >= 4 is 5.82 Å². The fourth-order valence-corrected chi connectivity index (χ4v) is 1.01. The summed E-state index contributed by atoms with van der Waals surface area (Å²) in [6.45, 7) is 3.87. The summed E-state index contributed by atoms with van der Waals surface area (Å²) < 4.78 is 24.5. The lowest BCUT2D eigenvalue weighted by Gasteiger charge is -2.08. The monoisotopic (exact) mass is 186 g/mol. The molecule has 0 aliphatic carbocycles. The molecule has 72 valence electrons. The van der Waals surface area contributed by atoms with Crippen molar-refractivity contribution in [2.45, 2.75) is 26.2 Å². The van der Waals surface area contributed by atoms with Gasteiger partial charge in [0.15, 0.2) is 0 Å². The molecule has 1 heterocycles. The van der Waals surface area contributed by atoms with E-state index in [2.05, 4.69) is 4.98 Å². The highest BCUT2D eigenvalue weighted by Gasteiger charge is 2.13. The number of nitrogen functional groups attached to an aromatic ring is 1. The number of alkyl halides is 2. The van der Waals surface area contributed by atoms with Crippen LogP contribution in [-0.4, -0.2) is 4.98 Å². The number of hydrogen-bond acceptors (Lipinski definition) is 2. The van der Waals surface area contributed by atoms with E-state index in [1.54, 1.807) is 6.07 Å². The van der Waals surface area contributed by atoms with Crippen molar-refractivity contribution in [1.29, 1.82) is 0 Å². The number of halogens is 2. The van der Waals surface area contributed by atoms with Gasteiger partial charge in [0.1, 0.15) is 5.82 Å². The third-order valence-corrected chi connectivity index (χ3v) is 1.81. The van der Waals surface area contributed by atoms with Gasteiger partial charge in [-0.1, -0.05) is 13.8 Å². The predicted molar refractivity (Wildman–Crippen MR) is 47.7 cm³/mol. The van der Waals surface area contributed by atoms with Gasteiger partial charge in [-0.3, -0.25) is 0 Å². The average Bonchev–Trinajstić information content (AvgIpc) is 2.03. The second-order valence-electron chi connectivity index (χ2n) is 3.17. The van der Waals surface area contributed by atoms with Gasteiger partial charge < -0.3 is 5.73 Å². The van der Waals surface area contributed by atoms with Crippen LogP contribution in [0.5, 0.6) is 0 Å². The van der Waals surface area contributed by atoms with E-state index >= 15 is 0 Å². The van der Waals surface area contributed by atoms with Crippen LogP contribution in [0.15, 0.2) is 12.1 Å². The zero-order chi connectivity index (χ0) is 10.0. The Kier molecular flexibility index (Phi) is 2.80. The molecule has 0 bridgehead atoms. The van der Waals surface area contributed by atoms with Crippen LogP contribution in [0.25, 0.3) is 0 Å². The first-order valence-electron chi connectivity index (χ1n) is 4.07. The van der Waals surface area contributed by atoms with Gasteiger partial charge in [-0.05, 0) is 18.1 Å². The highest BCUT2D eigenvalue weighted by Crippen LogP contribution is 2.25. The minimum atomic E-state index is -2.55. The molecule has 0 aromatic carbocycles. The van der Waals surface area contributed by atoms with Crippen molar-refractivity contribution in [3.05, 3.63) is 23.4 Å². The smallest absolute Gasteiger partial charge is 0.267 e. The molecule has 0 atom stereocenters. The fourth-order valence-electron chi connectivity index (χ4n) is 1.01. The first-order valence-corrected chi connectivity index (χ1v) is 4.07. The van der Waals surface area contributed by atoms with E-state index in [1.165, 1.54) is 6.07 Å². The Hall–Kier alpha value is -1.19. The van der Waals surface area contributed by atoms with E-state index in [9.17, 15) is 8.78 Å². The largest absolute Gasteiger partial charge is 0.383 e. The first-order chi connectivity index (χ1) is 6.02. The summed E-state index contributed by atoms with van der Waals surface area (Å²) in [6, 6.07) is 2.92. The Morgan fingerprint density at radius 1 is 1.31 bits per heavy atom. The standard InChI is InChI=1S/C9H12F2N2/c1-5(2)7-4-3-6(8(10)11)9(12)13-7/h3-5,8H,1-2H3,(H2,12,13). The van der Waals surface area contributed by atoms with Gasteiger partial charge in [-0.25, -0.2) is 13.8 Å². The quantitative estimate of drug-likeness (QED) is 0.771. The van der Waals surface area contributed by atoms with Gasteiger partial charge in [0.2, 0.25) is 0 Å². The number of rotatable bonds is 2. The zero-order valence-corrected chi connectivity index (χ0v) is 7.59. The molecule has 1 rings (SSSR count). The molecule has 1 aromatic heterocycles. The molecule has 1 aromatic rings. The summed E-state index contributed by atoms with van der Waals surface area (Å²) in [5.74, 6) is 0.134. The maximum atomic E-state index is 12.2. The minimum Gasteiger partial charge on any atom is -0.383 e. The summed E-state index contributed by atoms with van der Waals surface area (Å²) in [6.07, 6.45) is -2.55. The average molecular weight is 186 g/mol. The van der Waals surface area contributed by atoms with Gasteiger partial charge >= 0.3 is 0 Å². The lowest BCUT2D eigenvalue weighted by Crippen LogP contribution is -2.02. The van der Waals surface area contributed by atoms with Crippen LogP contribution in [0.3, 0.4) is 0 Å². The lowest BCUT2D eigenvalue weighted by molar-refractivity contribution is 0.152. The molecule has 0 aliphatic rings. The molecule has 0 aliphatic heterocycles. The molecule has 2 N–H and O–H groups in total. The van der Waals surface area contributed by atoms with Crippen molar-refractivity contribution in [1.82, 2.24) is 4.98 Å². The summed E-state index contributed by atoms with van der Waals surface area (Å²) in [4.78, 5) is 3.89. The summed E-state index contributed by atoms with van der Waals surface area (Å²) in [5.41, 5.74) is 5.92. The van der Waals surface area contributed by atoms with Gasteiger partial charge in [-0.15, -0.1) is 0 Å². The van der Waals surface area contributed by atoms with E-state index in [4.69, 9.17) is 5.73 Å². The predicted octanol–water partition coefficient (Wildman–Crippen LogP) is 2.72. The van der Waals surface area contributed by atoms with E-state index in [0.717, 1.165) is 5.69 Å². The molecule has 4 heteroatoms. The molecule has 0 saturated carbocycles. The highest BCUT2D eigenvalue weighted by molar-refractivity contribution is 5.41. The van der Waals surface area contributed by atoms with Gasteiger partial charge in [-0.2, -0.15) is 0 Å². The van der Waals surface area contributed by atoms with Crippen molar-refractivity contribution in [3.63, 3.8) is 0 Å². The van der Waals surface area contributed by atoms with Crippen LogP contribution >= 0.6 is 0 Å². The fraction of sp³-hybridized carbons (Fsp3) is 0.444. The normalized spacial score (nSPS) is 11.2. The molecule has 0 radical (unpaired) electrons. The molecule has 0 fully saturated rings. The van der Waals surface area contributed by atoms with Crippen LogP contribution in [0, 0.1) is 0 Å². The second-order valence-corrected chi connectivity index (χ2v) is 3.17. The Labute approximate surface area is 75.8 Å². The number of aromatic nitrogens is 1. The van der Waals surface area contributed by atoms with E-state index in [0.29, 0.717) is 0 Å². The molecule has 0 saturated heterocycles. The second kappa shape index (κ2) is 3.68. The topological polar surface area (TPSA) is 38.9 Å². The summed E-state index contributed by atoms with van der Waals surface area (Å²) >= 11 is 0. The van der Waals surface area contributed by atoms with E-state index in [-0.39, 0.29) is 17.3 Å². The first kappa shape index (κ1) is 9.89.